The van der Waals surface area contributed by atoms with Gasteiger partial charge in [0.15, 0.2) is 0 Å². The lowest BCUT2D eigenvalue weighted by Crippen LogP contribution is -2.57. The summed E-state index contributed by atoms with van der Waals surface area (Å²) in [7, 11) is 0. The van der Waals surface area contributed by atoms with Crippen LogP contribution in [0.1, 0.15) is 61.3 Å². The molecule has 0 saturated carbocycles. The van der Waals surface area contributed by atoms with Crippen molar-refractivity contribution in [3.05, 3.63) is 0 Å². The molecule has 5 atom stereocenters. The molecule has 3 amide bonds. The van der Waals surface area contributed by atoms with E-state index in [4.69, 9.17) is 5.73 Å². The van der Waals surface area contributed by atoms with E-state index in [-0.39, 0.29) is 17.8 Å². The van der Waals surface area contributed by atoms with Gasteiger partial charge in [-0.25, -0.2) is 4.79 Å². The number of hydrogen-bond donors (Lipinski definition) is 5. The fraction of sp³-hybridized carbons (Fsp3) is 0.800. The number of carboxylic acid groups (broad SMARTS) is 1. The molecule has 9 heteroatoms. The van der Waals surface area contributed by atoms with Crippen molar-refractivity contribution in [2.45, 2.75) is 85.5 Å². The van der Waals surface area contributed by atoms with Crippen molar-refractivity contribution in [1.29, 1.82) is 0 Å². The van der Waals surface area contributed by atoms with Gasteiger partial charge in [0, 0.05) is 0 Å². The Bertz CT molecular complexity index is 579. The highest BCUT2D eigenvalue weighted by molar-refractivity contribution is 5.93. The zero-order valence-corrected chi connectivity index (χ0v) is 18.6. The molecule has 0 rings (SSSR count). The third kappa shape index (κ3) is 9.25. The number of carbonyl (C=O) groups is 4. The van der Waals surface area contributed by atoms with E-state index in [0.29, 0.717) is 12.8 Å². The van der Waals surface area contributed by atoms with Crippen molar-refractivity contribution in [1.82, 2.24) is 16.0 Å². The highest BCUT2D eigenvalue weighted by Crippen LogP contribution is 2.09. The number of amides is 3. The van der Waals surface area contributed by atoms with Gasteiger partial charge in [0.25, 0.3) is 0 Å². The van der Waals surface area contributed by atoms with E-state index >= 15 is 0 Å². The minimum absolute atomic E-state index is 0.0871. The second-order valence-electron chi connectivity index (χ2n) is 8.40. The first-order chi connectivity index (χ1) is 13.3. The molecule has 0 aromatic heterocycles. The van der Waals surface area contributed by atoms with E-state index in [1.165, 1.54) is 6.92 Å². The number of carboxylic acids is 1. The van der Waals surface area contributed by atoms with Crippen molar-refractivity contribution >= 4 is 23.7 Å². The summed E-state index contributed by atoms with van der Waals surface area (Å²) < 4.78 is 0. The molecule has 0 fully saturated rings. The molecule has 0 aliphatic carbocycles. The molecule has 29 heavy (non-hydrogen) atoms. The Morgan fingerprint density at radius 3 is 1.83 bits per heavy atom. The van der Waals surface area contributed by atoms with Crippen LogP contribution in [0.2, 0.25) is 0 Å². The summed E-state index contributed by atoms with van der Waals surface area (Å²) in [6.07, 6.45) is 0.956. The molecule has 168 valence electrons. The lowest BCUT2D eigenvalue weighted by molar-refractivity contribution is -0.143. The van der Waals surface area contributed by atoms with Crippen molar-refractivity contribution < 1.29 is 24.3 Å². The zero-order valence-electron chi connectivity index (χ0n) is 18.6. The van der Waals surface area contributed by atoms with E-state index in [2.05, 4.69) is 16.0 Å². The maximum atomic E-state index is 12.7. The van der Waals surface area contributed by atoms with E-state index in [0.717, 1.165) is 0 Å². The van der Waals surface area contributed by atoms with Gasteiger partial charge in [0.2, 0.25) is 17.7 Å². The normalized spacial score (nSPS) is 16.5. The van der Waals surface area contributed by atoms with Gasteiger partial charge in [-0.1, -0.05) is 48.0 Å². The molecule has 0 spiro atoms. The summed E-state index contributed by atoms with van der Waals surface area (Å²) in [5, 5.41) is 17.0. The zero-order chi connectivity index (χ0) is 22.9. The van der Waals surface area contributed by atoms with Crippen LogP contribution in [0.4, 0.5) is 0 Å². The van der Waals surface area contributed by atoms with E-state index in [9.17, 15) is 24.3 Å². The van der Waals surface area contributed by atoms with Gasteiger partial charge in [0.05, 0.1) is 6.04 Å². The molecule has 0 bridgehead atoms. The van der Waals surface area contributed by atoms with Crippen LogP contribution in [-0.2, 0) is 19.2 Å². The molecule has 0 aliphatic rings. The number of carbonyl (C=O) groups excluding carboxylic acids is 3. The first-order valence-corrected chi connectivity index (χ1v) is 10.2. The van der Waals surface area contributed by atoms with Crippen LogP contribution in [0.3, 0.4) is 0 Å². The highest BCUT2D eigenvalue weighted by Gasteiger charge is 2.30. The Balaban J connectivity index is 5.11. The molecule has 0 radical (unpaired) electrons. The minimum Gasteiger partial charge on any atom is -0.480 e. The van der Waals surface area contributed by atoms with Gasteiger partial charge >= 0.3 is 5.97 Å². The first kappa shape index (κ1) is 26.8. The number of nitrogens with two attached hydrogens (primary N) is 1. The van der Waals surface area contributed by atoms with E-state index in [1.54, 1.807) is 6.92 Å². The van der Waals surface area contributed by atoms with Gasteiger partial charge in [-0.2, -0.15) is 0 Å². The second kappa shape index (κ2) is 12.4. The summed E-state index contributed by atoms with van der Waals surface area (Å²) in [6.45, 7) is 12.5. The summed E-state index contributed by atoms with van der Waals surface area (Å²) >= 11 is 0. The van der Waals surface area contributed by atoms with Crippen LogP contribution >= 0.6 is 0 Å². The predicted molar refractivity (Wildman–Crippen MR) is 111 cm³/mol. The van der Waals surface area contributed by atoms with E-state index < -0.39 is 47.9 Å². The molecular formula is C20H38N4O5. The van der Waals surface area contributed by atoms with Crippen LogP contribution in [0.25, 0.3) is 0 Å². The average molecular weight is 415 g/mol. The van der Waals surface area contributed by atoms with Crippen molar-refractivity contribution in [3.63, 3.8) is 0 Å². The van der Waals surface area contributed by atoms with Crippen molar-refractivity contribution in [3.8, 4) is 0 Å². The third-order valence-electron chi connectivity index (χ3n) is 4.89. The molecule has 9 nitrogen and oxygen atoms in total. The predicted octanol–water partition coefficient (Wildman–Crippen LogP) is 0.621. The summed E-state index contributed by atoms with van der Waals surface area (Å²) in [5.74, 6) is -2.90. The number of aliphatic carboxylic acids is 1. The standard InChI is InChI=1S/C20H38N4O5/c1-8-12(6)16(20(28)29)24-17(25)13(7)22-18(26)14(9-10(2)3)23-19(27)15(21)11(4)5/h10-16H,8-9,21H2,1-7H3,(H,22,26)(H,23,27)(H,24,25)(H,28,29). The fourth-order valence-electron chi connectivity index (χ4n) is 2.61. The molecule has 6 N–H and O–H groups in total. The van der Waals surface area contributed by atoms with Gasteiger partial charge in [-0.3, -0.25) is 14.4 Å². The van der Waals surface area contributed by atoms with Crippen molar-refractivity contribution in [2.75, 3.05) is 0 Å². The SMILES string of the molecule is CCC(C)C(NC(=O)C(C)NC(=O)C(CC(C)C)NC(=O)C(N)C(C)C)C(=O)O. The van der Waals surface area contributed by atoms with Crippen LogP contribution in [0.5, 0.6) is 0 Å². The maximum absolute atomic E-state index is 12.7. The number of nitrogens with one attached hydrogen (secondary N) is 3. The fourth-order valence-corrected chi connectivity index (χ4v) is 2.61. The lowest BCUT2D eigenvalue weighted by Gasteiger charge is -2.26. The smallest absolute Gasteiger partial charge is 0.326 e. The largest absolute Gasteiger partial charge is 0.480 e. The topological polar surface area (TPSA) is 151 Å². The van der Waals surface area contributed by atoms with Crippen LogP contribution < -0.4 is 21.7 Å². The molecule has 0 aromatic rings. The quantitative estimate of drug-likeness (QED) is 0.316. The minimum atomic E-state index is -1.13. The van der Waals surface area contributed by atoms with Crippen LogP contribution in [0, 0.1) is 17.8 Å². The molecular weight excluding hydrogens is 376 g/mol. The molecule has 0 saturated heterocycles. The Morgan fingerprint density at radius 1 is 0.862 bits per heavy atom. The average Bonchev–Trinajstić information content (AvgIpc) is 2.62. The maximum Gasteiger partial charge on any atom is 0.326 e. The Hall–Kier alpha value is -2.16. The lowest BCUT2D eigenvalue weighted by atomic mass is 9.99. The summed E-state index contributed by atoms with van der Waals surface area (Å²) in [6, 6.07) is -3.58. The highest BCUT2D eigenvalue weighted by atomic mass is 16.4. The van der Waals surface area contributed by atoms with Gasteiger partial charge in [-0.05, 0) is 31.1 Å². The van der Waals surface area contributed by atoms with Gasteiger partial charge < -0.3 is 26.8 Å². The number of rotatable bonds is 12. The van der Waals surface area contributed by atoms with Crippen LogP contribution in [-0.4, -0.2) is 53.0 Å². The van der Waals surface area contributed by atoms with Crippen molar-refractivity contribution in [2.24, 2.45) is 23.5 Å². The molecule has 0 aliphatic heterocycles. The molecule has 0 aromatic carbocycles. The third-order valence-corrected chi connectivity index (χ3v) is 4.89. The van der Waals surface area contributed by atoms with Crippen LogP contribution in [0.15, 0.2) is 0 Å². The molecule has 5 unspecified atom stereocenters. The second-order valence-corrected chi connectivity index (χ2v) is 8.40. The van der Waals surface area contributed by atoms with E-state index in [1.807, 2.05) is 34.6 Å². The Morgan fingerprint density at radius 2 is 1.41 bits per heavy atom. The van der Waals surface area contributed by atoms with Gasteiger partial charge in [-0.15, -0.1) is 0 Å². The van der Waals surface area contributed by atoms with Gasteiger partial charge in [0.1, 0.15) is 18.1 Å². The molecule has 0 heterocycles. The summed E-state index contributed by atoms with van der Waals surface area (Å²) in [5.41, 5.74) is 5.85. The monoisotopic (exact) mass is 414 g/mol. The summed E-state index contributed by atoms with van der Waals surface area (Å²) in [4.78, 5) is 48.7. The first-order valence-electron chi connectivity index (χ1n) is 10.2. The number of hydrogen-bond acceptors (Lipinski definition) is 5. The Labute approximate surface area is 173 Å². The Kier molecular flexibility index (Phi) is 11.5.